The Morgan fingerprint density at radius 3 is 2.23 bits per heavy atom. The molecule has 1 atom stereocenters. The van der Waals surface area contributed by atoms with Crippen molar-refractivity contribution < 1.29 is 18.0 Å². The van der Waals surface area contributed by atoms with E-state index < -0.39 is 29.0 Å². The van der Waals surface area contributed by atoms with Crippen LogP contribution in [0.25, 0.3) is 11.0 Å². The second-order valence-corrected chi connectivity index (χ2v) is 7.28. The summed E-state index contributed by atoms with van der Waals surface area (Å²) in [6, 6.07) is 15.6. The van der Waals surface area contributed by atoms with Gasteiger partial charge in [-0.05, 0) is 55.0 Å². The van der Waals surface area contributed by atoms with Gasteiger partial charge in [0.05, 0.1) is 17.0 Å². The summed E-state index contributed by atoms with van der Waals surface area (Å²) in [5.41, 5.74) is 1.90. The van der Waals surface area contributed by atoms with Gasteiger partial charge in [-0.2, -0.15) is 0 Å². The number of aryl methyl sites for hydroxylation is 1. The summed E-state index contributed by atoms with van der Waals surface area (Å²) >= 11 is 0. The molecular weight excluding hydrogens is 388 g/mol. The summed E-state index contributed by atoms with van der Waals surface area (Å²) in [7, 11) is 0. The fourth-order valence-electron chi connectivity index (χ4n) is 3.88. The van der Waals surface area contributed by atoms with Crippen LogP contribution in [-0.2, 0) is 0 Å². The number of amides is 1. The molecular formula is C24H15F2NO3. The van der Waals surface area contributed by atoms with Gasteiger partial charge in [0.1, 0.15) is 17.2 Å². The van der Waals surface area contributed by atoms with Crippen molar-refractivity contribution in [3.8, 4) is 0 Å². The lowest BCUT2D eigenvalue weighted by Crippen LogP contribution is -2.29. The summed E-state index contributed by atoms with van der Waals surface area (Å²) < 4.78 is 33.1. The van der Waals surface area contributed by atoms with Gasteiger partial charge >= 0.3 is 0 Å². The number of carbonyl (C=O) groups excluding carboxylic acids is 1. The molecule has 148 valence electrons. The maximum Gasteiger partial charge on any atom is 0.295 e. The van der Waals surface area contributed by atoms with Crippen molar-refractivity contribution in [2.75, 3.05) is 4.90 Å². The van der Waals surface area contributed by atoms with Gasteiger partial charge in [-0.1, -0.05) is 29.8 Å². The van der Waals surface area contributed by atoms with Gasteiger partial charge in [0.25, 0.3) is 5.91 Å². The molecule has 0 aliphatic carbocycles. The molecule has 0 N–H and O–H groups in total. The van der Waals surface area contributed by atoms with E-state index in [1.54, 1.807) is 12.1 Å². The van der Waals surface area contributed by atoms with Crippen molar-refractivity contribution in [2.24, 2.45) is 0 Å². The van der Waals surface area contributed by atoms with Gasteiger partial charge < -0.3 is 4.42 Å². The van der Waals surface area contributed by atoms with Gasteiger partial charge in [0.2, 0.25) is 5.76 Å². The van der Waals surface area contributed by atoms with Crippen LogP contribution < -0.4 is 10.3 Å². The Morgan fingerprint density at radius 2 is 1.53 bits per heavy atom. The molecule has 3 aromatic carbocycles. The summed E-state index contributed by atoms with van der Waals surface area (Å²) in [5.74, 6) is -1.58. The molecule has 1 amide bonds. The first-order chi connectivity index (χ1) is 14.4. The number of benzene rings is 3. The highest BCUT2D eigenvalue weighted by Crippen LogP contribution is 2.41. The zero-order valence-electron chi connectivity index (χ0n) is 15.9. The molecule has 6 heteroatoms. The third-order valence-electron chi connectivity index (χ3n) is 5.33. The van der Waals surface area contributed by atoms with Gasteiger partial charge in [0, 0.05) is 5.69 Å². The van der Waals surface area contributed by atoms with E-state index >= 15 is 0 Å². The maximum atomic E-state index is 13.8. The van der Waals surface area contributed by atoms with Gasteiger partial charge in [-0.25, -0.2) is 8.78 Å². The lowest BCUT2D eigenvalue weighted by molar-refractivity contribution is 0.0971. The molecule has 4 aromatic rings. The second-order valence-electron chi connectivity index (χ2n) is 7.28. The first-order valence-corrected chi connectivity index (χ1v) is 9.36. The van der Waals surface area contributed by atoms with E-state index in [2.05, 4.69) is 0 Å². The zero-order valence-corrected chi connectivity index (χ0v) is 15.9. The second kappa shape index (κ2) is 6.62. The summed E-state index contributed by atoms with van der Waals surface area (Å²) in [5, 5.41) is 0.0550. The molecule has 0 radical (unpaired) electrons. The minimum Gasteiger partial charge on any atom is -0.450 e. The molecule has 30 heavy (non-hydrogen) atoms. The SMILES string of the molecule is Cc1ccc(N2C(=O)c3oc4ccc(F)cc4c(=O)c3C2c2ccc(F)cc2)cc1. The summed E-state index contributed by atoms with van der Waals surface area (Å²) in [4.78, 5) is 28.1. The average molecular weight is 403 g/mol. The fourth-order valence-corrected chi connectivity index (χ4v) is 3.88. The van der Waals surface area contributed by atoms with Crippen molar-refractivity contribution in [1.82, 2.24) is 0 Å². The van der Waals surface area contributed by atoms with E-state index in [-0.39, 0.29) is 22.3 Å². The highest BCUT2D eigenvalue weighted by atomic mass is 19.1. The molecule has 0 bridgehead atoms. The number of fused-ring (bicyclic) bond motifs is 2. The molecule has 1 aliphatic heterocycles. The molecule has 4 nitrogen and oxygen atoms in total. The Bertz CT molecular complexity index is 1360. The molecule has 2 heterocycles. The van der Waals surface area contributed by atoms with Crippen LogP contribution in [0.4, 0.5) is 14.5 Å². The predicted molar refractivity (Wildman–Crippen MR) is 109 cm³/mol. The van der Waals surface area contributed by atoms with Crippen LogP contribution in [0.3, 0.4) is 0 Å². The molecule has 1 unspecified atom stereocenters. The lowest BCUT2D eigenvalue weighted by Gasteiger charge is -2.25. The quantitative estimate of drug-likeness (QED) is 0.466. The Kier molecular flexibility index (Phi) is 4.03. The molecule has 1 aliphatic rings. The van der Waals surface area contributed by atoms with Crippen LogP contribution >= 0.6 is 0 Å². The standard InChI is InChI=1S/C24H15F2NO3/c1-13-2-9-17(10-3-13)27-21(14-4-6-15(25)7-5-14)20-22(28)18-12-16(26)8-11-19(18)30-23(20)24(27)29/h2-12,21H,1H3. The van der Waals surface area contributed by atoms with E-state index in [1.807, 2.05) is 19.1 Å². The van der Waals surface area contributed by atoms with Crippen molar-refractivity contribution in [3.63, 3.8) is 0 Å². The maximum absolute atomic E-state index is 13.8. The Balaban J connectivity index is 1.81. The normalized spacial score (nSPS) is 15.6. The van der Waals surface area contributed by atoms with Crippen molar-refractivity contribution in [2.45, 2.75) is 13.0 Å². The Morgan fingerprint density at radius 1 is 0.867 bits per heavy atom. The topological polar surface area (TPSA) is 50.5 Å². The van der Waals surface area contributed by atoms with E-state index in [9.17, 15) is 18.4 Å². The molecule has 1 aromatic heterocycles. The lowest BCUT2D eigenvalue weighted by atomic mass is 9.98. The molecule has 0 saturated heterocycles. The van der Waals surface area contributed by atoms with Crippen molar-refractivity contribution in [1.29, 1.82) is 0 Å². The van der Waals surface area contributed by atoms with Crippen LogP contribution in [0.1, 0.15) is 33.3 Å². The van der Waals surface area contributed by atoms with E-state index in [0.29, 0.717) is 11.3 Å². The van der Waals surface area contributed by atoms with E-state index in [1.165, 1.54) is 41.3 Å². The Hall–Kier alpha value is -3.80. The monoisotopic (exact) mass is 403 g/mol. The van der Waals surface area contributed by atoms with Crippen LogP contribution in [0, 0.1) is 18.6 Å². The summed E-state index contributed by atoms with van der Waals surface area (Å²) in [6.07, 6.45) is 0. The minimum atomic E-state index is -0.820. The minimum absolute atomic E-state index is 0.0550. The van der Waals surface area contributed by atoms with E-state index in [0.717, 1.165) is 11.6 Å². The summed E-state index contributed by atoms with van der Waals surface area (Å²) in [6.45, 7) is 1.92. The first-order valence-electron chi connectivity index (χ1n) is 9.36. The molecule has 5 rings (SSSR count). The third kappa shape index (κ3) is 2.72. The van der Waals surface area contributed by atoms with Crippen LogP contribution in [0.2, 0.25) is 0 Å². The van der Waals surface area contributed by atoms with Gasteiger partial charge in [0.15, 0.2) is 5.43 Å². The highest BCUT2D eigenvalue weighted by Gasteiger charge is 2.43. The van der Waals surface area contributed by atoms with Crippen LogP contribution in [-0.4, -0.2) is 5.91 Å². The number of nitrogens with zero attached hydrogens (tertiary/aromatic N) is 1. The highest BCUT2D eigenvalue weighted by molar-refractivity contribution is 6.10. The third-order valence-corrected chi connectivity index (χ3v) is 5.33. The Labute approximate surface area is 170 Å². The molecule has 0 saturated carbocycles. The zero-order chi connectivity index (χ0) is 21.0. The number of halogens is 2. The van der Waals surface area contributed by atoms with Crippen molar-refractivity contribution in [3.05, 3.63) is 111 Å². The molecule has 0 spiro atoms. The average Bonchev–Trinajstić information content (AvgIpc) is 3.03. The predicted octanol–water partition coefficient (Wildman–Crippen LogP) is 5.13. The number of hydrogen-bond acceptors (Lipinski definition) is 3. The number of carbonyl (C=O) groups is 1. The fraction of sp³-hybridized carbons (Fsp3) is 0.0833. The van der Waals surface area contributed by atoms with Crippen LogP contribution in [0.5, 0.6) is 0 Å². The van der Waals surface area contributed by atoms with E-state index in [4.69, 9.17) is 4.42 Å². The first kappa shape index (κ1) is 18.2. The van der Waals surface area contributed by atoms with Crippen molar-refractivity contribution >= 4 is 22.6 Å². The van der Waals surface area contributed by atoms with Gasteiger partial charge in [-0.3, -0.25) is 14.5 Å². The number of hydrogen-bond donors (Lipinski definition) is 0. The number of anilines is 1. The molecule has 0 fully saturated rings. The van der Waals surface area contributed by atoms with Gasteiger partial charge in [-0.15, -0.1) is 0 Å². The number of rotatable bonds is 2. The smallest absolute Gasteiger partial charge is 0.295 e. The largest absolute Gasteiger partial charge is 0.450 e. The van der Waals surface area contributed by atoms with Crippen LogP contribution in [0.15, 0.2) is 75.9 Å².